The zero-order valence-corrected chi connectivity index (χ0v) is 25.0. The Morgan fingerprint density at radius 3 is 1.38 bits per heavy atom. The van der Waals surface area contributed by atoms with Crippen LogP contribution in [0.25, 0.3) is 12.2 Å². The predicted molar refractivity (Wildman–Crippen MR) is 133 cm³/mol. The summed E-state index contributed by atoms with van der Waals surface area (Å²) in [6.45, 7) is 18.7. The van der Waals surface area contributed by atoms with Gasteiger partial charge >= 0.3 is 192 Å². The Morgan fingerprint density at radius 2 is 1.06 bits per heavy atom. The molecule has 4 heteroatoms. The second kappa shape index (κ2) is 10.8. The Balaban J connectivity index is 0.00000181. The molecular formula is C28H37Cl2SiTi. The molecule has 0 spiro atoms. The van der Waals surface area contributed by atoms with Gasteiger partial charge in [-0.05, 0) is 0 Å². The molecule has 0 saturated heterocycles. The Labute approximate surface area is 215 Å². The van der Waals surface area contributed by atoms with Crippen LogP contribution in [-0.2, 0) is 17.1 Å². The molecule has 4 rings (SSSR count). The smallest absolute Gasteiger partial charge is 1.00 e. The quantitative estimate of drug-likeness (QED) is 0.531. The van der Waals surface area contributed by atoms with E-state index in [-0.39, 0.29) is 24.8 Å². The Morgan fingerprint density at radius 1 is 0.688 bits per heavy atom. The average Bonchev–Trinajstić information content (AvgIpc) is 3.18. The maximum atomic E-state index is 2.64. The van der Waals surface area contributed by atoms with E-state index in [2.05, 4.69) is 103 Å². The van der Waals surface area contributed by atoms with Gasteiger partial charge in [-0.15, -0.1) is 0 Å². The topological polar surface area (TPSA) is 0 Å². The molecule has 0 saturated carbocycles. The van der Waals surface area contributed by atoms with Gasteiger partial charge in [0.2, 0.25) is 0 Å². The molecule has 2 aromatic carbocycles. The van der Waals surface area contributed by atoms with E-state index >= 15 is 0 Å². The Bertz CT molecular complexity index is 956. The summed E-state index contributed by atoms with van der Waals surface area (Å²) in [6, 6.07) is 14.3. The zero-order chi connectivity index (χ0) is 21.7. The van der Waals surface area contributed by atoms with Crippen LogP contribution in [0.15, 0.2) is 47.5 Å². The first-order valence-corrected chi connectivity index (χ1v) is 19.1. The SMILES string of the molecule is CC1=Cc2c(C(C)C)cccc2[CH]1[Ti+2]([CH]1C(C)=Cc2c(C(C)C)cccc21)[SiH](C)C.[Cl-].[Cl-]. The van der Waals surface area contributed by atoms with E-state index in [9.17, 15) is 0 Å². The van der Waals surface area contributed by atoms with Crippen LogP contribution in [0.3, 0.4) is 0 Å². The zero-order valence-electron chi connectivity index (χ0n) is 20.8. The number of fused-ring (bicyclic) bond motifs is 2. The molecule has 0 amide bonds. The fourth-order valence-electron chi connectivity index (χ4n) is 5.88. The second-order valence-corrected chi connectivity index (χ2v) is 24.1. The predicted octanol–water partition coefficient (Wildman–Crippen LogP) is 2.16. The van der Waals surface area contributed by atoms with Crippen LogP contribution in [-0.4, -0.2) is 6.66 Å². The minimum Gasteiger partial charge on any atom is -1.00 e. The van der Waals surface area contributed by atoms with Crippen molar-refractivity contribution in [2.75, 3.05) is 0 Å². The number of halogens is 2. The maximum absolute atomic E-state index is 2.64. The summed E-state index contributed by atoms with van der Waals surface area (Å²) in [5.41, 5.74) is 12.8. The molecule has 0 nitrogen and oxygen atoms in total. The third-order valence-electron chi connectivity index (χ3n) is 7.20. The molecule has 0 aromatic heterocycles. The van der Waals surface area contributed by atoms with Crippen LogP contribution in [0.1, 0.15) is 95.2 Å². The summed E-state index contributed by atoms with van der Waals surface area (Å²) in [4.78, 5) is 0. The van der Waals surface area contributed by atoms with Crippen molar-refractivity contribution in [3.8, 4) is 0 Å². The largest absolute Gasteiger partial charge is 1.00 e. The van der Waals surface area contributed by atoms with E-state index in [1.807, 2.05) is 0 Å². The van der Waals surface area contributed by atoms with Gasteiger partial charge in [0, 0.05) is 0 Å². The van der Waals surface area contributed by atoms with E-state index < -0.39 is 23.8 Å². The van der Waals surface area contributed by atoms with E-state index in [0.29, 0.717) is 11.8 Å². The number of rotatable bonds is 5. The number of allylic oxidation sites excluding steroid dienone is 2. The van der Waals surface area contributed by atoms with Gasteiger partial charge in [-0.3, -0.25) is 0 Å². The minimum atomic E-state index is -1.47. The van der Waals surface area contributed by atoms with Gasteiger partial charge in [0.1, 0.15) is 0 Å². The molecule has 2 aromatic rings. The van der Waals surface area contributed by atoms with Crippen molar-refractivity contribution in [1.29, 1.82) is 0 Å². The molecular weight excluding hydrogens is 483 g/mol. The summed E-state index contributed by atoms with van der Waals surface area (Å²) in [7, 11) is 0. The van der Waals surface area contributed by atoms with Crippen LogP contribution >= 0.6 is 0 Å². The molecule has 0 heterocycles. The molecule has 0 radical (unpaired) electrons. The standard InChI is InChI=1S/2C13H15.C2H7Si.2ClH.Ti/c2*1-9(2)12-6-4-5-11-7-10(3)8-13(11)12;1-3-2;;;/h2*4-9H,1-3H3;3H,1-2H3;2*1H;/q;;;;;+2/p-2. The third-order valence-corrected chi connectivity index (χ3v) is 22.0. The molecule has 2 aliphatic rings. The van der Waals surface area contributed by atoms with Gasteiger partial charge in [0.05, 0.1) is 0 Å². The van der Waals surface area contributed by atoms with E-state index in [0.717, 1.165) is 8.45 Å². The van der Waals surface area contributed by atoms with Gasteiger partial charge < -0.3 is 24.8 Å². The summed E-state index contributed by atoms with van der Waals surface area (Å²) >= 11 is -1.47. The molecule has 2 unspecified atom stereocenters. The van der Waals surface area contributed by atoms with Gasteiger partial charge in [0.15, 0.2) is 0 Å². The fraction of sp³-hybridized carbons (Fsp3) is 0.429. The van der Waals surface area contributed by atoms with E-state index in [4.69, 9.17) is 0 Å². The van der Waals surface area contributed by atoms with Gasteiger partial charge in [-0.1, -0.05) is 0 Å². The normalized spacial score (nSPS) is 18.7. The molecule has 0 aliphatic heterocycles. The van der Waals surface area contributed by atoms with Crippen molar-refractivity contribution < 1.29 is 41.9 Å². The van der Waals surface area contributed by atoms with Crippen molar-refractivity contribution in [1.82, 2.24) is 0 Å². The minimum absolute atomic E-state index is 0. The molecule has 2 aliphatic carbocycles. The molecule has 2 atom stereocenters. The Kier molecular flexibility index (Phi) is 9.33. The van der Waals surface area contributed by atoms with Crippen molar-refractivity contribution >= 4 is 18.8 Å². The first kappa shape index (κ1) is 27.7. The van der Waals surface area contributed by atoms with Crippen molar-refractivity contribution in [3.05, 3.63) is 80.9 Å². The van der Waals surface area contributed by atoms with E-state index in [1.165, 1.54) is 0 Å². The first-order chi connectivity index (χ1) is 14.2. The van der Waals surface area contributed by atoms with Crippen LogP contribution in [0.4, 0.5) is 0 Å². The Hall–Kier alpha value is -0.569. The number of hydrogen-bond donors (Lipinski definition) is 0. The monoisotopic (exact) mass is 519 g/mol. The van der Waals surface area contributed by atoms with Gasteiger partial charge in [-0.25, -0.2) is 0 Å². The van der Waals surface area contributed by atoms with Gasteiger partial charge in [0.25, 0.3) is 0 Å². The molecule has 0 fully saturated rings. The van der Waals surface area contributed by atoms with Gasteiger partial charge in [-0.2, -0.15) is 0 Å². The number of hydrogen-bond acceptors (Lipinski definition) is 0. The maximum Gasteiger partial charge on any atom is -1.00 e. The van der Waals surface area contributed by atoms with Crippen molar-refractivity contribution in [2.24, 2.45) is 0 Å². The fourth-order valence-corrected chi connectivity index (χ4v) is 21.4. The van der Waals surface area contributed by atoms with Crippen LogP contribution in [0, 0.1) is 0 Å². The van der Waals surface area contributed by atoms with Crippen molar-refractivity contribution in [2.45, 2.75) is 74.9 Å². The number of benzene rings is 2. The van der Waals surface area contributed by atoms with Crippen molar-refractivity contribution in [3.63, 3.8) is 0 Å². The van der Waals surface area contributed by atoms with Crippen LogP contribution in [0.5, 0.6) is 0 Å². The summed E-state index contributed by atoms with van der Waals surface area (Å²) in [5.74, 6) is 1.18. The summed E-state index contributed by atoms with van der Waals surface area (Å²) in [6.07, 6.45) is 5.11. The molecule has 32 heavy (non-hydrogen) atoms. The summed E-state index contributed by atoms with van der Waals surface area (Å²) < 4.78 is 1.46. The van der Waals surface area contributed by atoms with E-state index in [1.54, 1.807) is 44.5 Å². The third kappa shape index (κ3) is 4.66. The average molecular weight is 520 g/mol. The molecule has 0 N–H and O–H groups in total. The first-order valence-electron chi connectivity index (χ1n) is 11.7. The second-order valence-electron chi connectivity index (χ2n) is 10.3. The molecule has 0 bridgehead atoms. The van der Waals surface area contributed by atoms with Crippen LogP contribution in [0.2, 0.25) is 13.1 Å². The molecule has 171 valence electrons. The van der Waals surface area contributed by atoms with Crippen LogP contribution < -0.4 is 24.8 Å². The summed E-state index contributed by atoms with van der Waals surface area (Å²) in [5, 5.41) is 0.